The fourth-order valence-electron chi connectivity index (χ4n) is 3.42. The maximum atomic E-state index is 12.8. The molecule has 1 aliphatic heterocycles. The highest BCUT2D eigenvalue weighted by Crippen LogP contribution is 2.36. The van der Waals surface area contributed by atoms with Crippen molar-refractivity contribution < 1.29 is 40.6 Å². The van der Waals surface area contributed by atoms with Crippen molar-refractivity contribution in [1.82, 2.24) is 9.88 Å². The zero-order chi connectivity index (χ0) is 23.7. The lowest BCUT2D eigenvalue weighted by atomic mass is 10.1. The largest absolute Gasteiger partial charge is 0.507 e. The summed E-state index contributed by atoms with van der Waals surface area (Å²) in [5.74, 6) is -3.19. The molecule has 0 unspecified atom stereocenters. The number of hydrogen-bond donors (Lipinski definition) is 5. The van der Waals surface area contributed by atoms with Gasteiger partial charge < -0.3 is 10.8 Å². The summed E-state index contributed by atoms with van der Waals surface area (Å²) < 4.78 is 65.9. The third-order valence-electron chi connectivity index (χ3n) is 4.74. The van der Waals surface area contributed by atoms with E-state index in [2.05, 4.69) is 0 Å². The number of aromatic hydroxyl groups is 1. The van der Waals surface area contributed by atoms with E-state index in [1.165, 1.54) is 0 Å². The van der Waals surface area contributed by atoms with Crippen LogP contribution in [-0.4, -0.2) is 47.4 Å². The lowest BCUT2D eigenvalue weighted by Crippen LogP contribution is -2.24. The Morgan fingerprint density at radius 2 is 1.41 bits per heavy atom. The van der Waals surface area contributed by atoms with Crippen molar-refractivity contribution >= 4 is 48.6 Å². The number of carbonyl (C=O) groups is 2. The molecule has 15 heteroatoms. The lowest BCUT2D eigenvalue weighted by Gasteiger charge is -2.16. The Kier molecular flexibility index (Phi) is 4.42. The van der Waals surface area contributed by atoms with E-state index >= 15 is 0 Å². The Bertz CT molecular complexity index is 1670. The highest BCUT2D eigenvalue weighted by molar-refractivity contribution is 7.86. The fourth-order valence-corrected chi connectivity index (χ4v) is 4.49. The number of carbonyl (C=O) groups excluding carboxylic acids is 2. The number of anilines is 1. The van der Waals surface area contributed by atoms with Crippen LogP contribution in [0, 0.1) is 0 Å². The standard InChI is InChI=1S/C17H11N3O10S2/c18-15-14-9(16(23)19-17(14)24)5-12(22)20(15)10-3-7(31(25,26)27)1-6-2-8(32(28,29)30)4-11(21)13(6)10/h1-5,21H,18H2,(H,19,23,24)(H,25,26,27)(H,28,29,30). The van der Waals surface area contributed by atoms with Crippen molar-refractivity contribution in [1.29, 1.82) is 0 Å². The Balaban J connectivity index is 2.22. The number of benzene rings is 2. The van der Waals surface area contributed by atoms with Gasteiger partial charge in [-0.2, -0.15) is 16.8 Å². The molecule has 166 valence electrons. The van der Waals surface area contributed by atoms with Gasteiger partial charge >= 0.3 is 0 Å². The first-order valence-corrected chi connectivity index (χ1v) is 11.3. The molecule has 2 aromatic carbocycles. The lowest BCUT2D eigenvalue weighted by molar-refractivity contribution is 0.0879. The first-order chi connectivity index (χ1) is 14.7. The molecule has 0 radical (unpaired) electrons. The zero-order valence-electron chi connectivity index (χ0n) is 15.4. The number of pyridine rings is 1. The summed E-state index contributed by atoms with van der Waals surface area (Å²) in [5, 5.41) is 11.8. The van der Waals surface area contributed by atoms with E-state index in [1.807, 2.05) is 5.32 Å². The summed E-state index contributed by atoms with van der Waals surface area (Å²) in [6.07, 6.45) is 0. The second-order valence-corrected chi connectivity index (χ2v) is 9.55. The van der Waals surface area contributed by atoms with Gasteiger partial charge in [-0.1, -0.05) is 0 Å². The Morgan fingerprint density at radius 3 is 1.97 bits per heavy atom. The number of phenolic OH excluding ortho intramolecular Hbond substituents is 1. The van der Waals surface area contributed by atoms with Crippen LogP contribution in [0.1, 0.15) is 20.7 Å². The van der Waals surface area contributed by atoms with Crippen molar-refractivity contribution in [2.45, 2.75) is 9.79 Å². The Morgan fingerprint density at radius 1 is 0.844 bits per heavy atom. The second-order valence-electron chi connectivity index (χ2n) is 6.71. The first kappa shape index (κ1) is 21.4. The molecule has 4 rings (SSSR count). The number of amides is 2. The van der Waals surface area contributed by atoms with Gasteiger partial charge in [-0.15, -0.1) is 0 Å². The smallest absolute Gasteiger partial charge is 0.294 e. The molecule has 0 fully saturated rings. The van der Waals surface area contributed by atoms with E-state index in [-0.39, 0.29) is 21.9 Å². The monoisotopic (exact) mass is 481 g/mol. The van der Waals surface area contributed by atoms with Gasteiger partial charge in [0.05, 0.1) is 26.6 Å². The SMILES string of the molecule is Nc1c2c(cc(=O)n1-c1cc(S(=O)(=O)O)cc3cc(S(=O)(=O)O)cc(O)c13)C(=O)NC2=O. The average molecular weight is 481 g/mol. The first-order valence-electron chi connectivity index (χ1n) is 8.37. The zero-order valence-corrected chi connectivity index (χ0v) is 17.1. The molecule has 0 saturated heterocycles. The molecule has 0 aliphatic carbocycles. The molecule has 32 heavy (non-hydrogen) atoms. The maximum Gasteiger partial charge on any atom is 0.294 e. The second kappa shape index (κ2) is 6.60. The van der Waals surface area contributed by atoms with Gasteiger partial charge in [0.2, 0.25) is 0 Å². The molecule has 0 saturated carbocycles. The van der Waals surface area contributed by atoms with Crippen molar-refractivity contribution in [3.8, 4) is 11.4 Å². The fraction of sp³-hybridized carbons (Fsp3) is 0. The van der Waals surface area contributed by atoms with Crippen LogP contribution in [0.25, 0.3) is 16.5 Å². The van der Waals surface area contributed by atoms with E-state index < -0.39 is 64.7 Å². The highest BCUT2D eigenvalue weighted by atomic mass is 32.2. The van der Waals surface area contributed by atoms with Gasteiger partial charge in [0.1, 0.15) is 11.6 Å². The van der Waals surface area contributed by atoms with Crippen molar-refractivity contribution in [3.63, 3.8) is 0 Å². The van der Waals surface area contributed by atoms with E-state index in [0.29, 0.717) is 10.6 Å². The van der Waals surface area contributed by atoms with Crippen LogP contribution in [0.3, 0.4) is 0 Å². The van der Waals surface area contributed by atoms with Gasteiger partial charge in [0.15, 0.2) is 0 Å². The van der Waals surface area contributed by atoms with E-state index in [0.717, 1.165) is 24.3 Å². The van der Waals surface area contributed by atoms with Crippen LogP contribution in [0.4, 0.5) is 5.82 Å². The quantitative estimate of drug-likeness (QED) is 0.240. The summed E-state index contributed by atoms with van der Waals surface area (Å²) in [6, 6.07) is 3.73. The summed E-state index contributed by atoms with van der Waals surface area (Å²) in [4.78, 5) is 35.1. The number of nitrogens with one attached hydrogen (secondary N) is 1. The summed E-state index contributed by atoms with van der Waals surface area (Å²) in [6.45, 7) is 0. The summed E-state index contributed by atoms with van der Waals surface area (Å²) >= 11 is 0. The van der Waals surface area contributed by atoms with Gasteiger partial charge in [-0.3, -0.25) is 33.4 Å². The molecule has 2 amide bonds. The molecule has 6 N–H and O–H groups in total. The number of aromatic nitrogens is 1. The molecule has 1 aliphatic rings. The molecule has 0 atom stereocenters. The Labute approximate surface area is 178 Å². The average Bonchev–Trinajstić information content (AvgIpc) is 2.93. The van der Waals surface area contributed by atoms with Crippen molar-refractivity contribution in [2.75, 3.05) is 5.73 Å². The number of nitrogen functional groups attached to an aromatic ring is 1. The third-order valence-corrected chi connectivity index (χ3v) is 6.41. The van der Waals surface area contributed by atoms with Crippen LogP contribution >= 0.6 is 0 Å². The third kappa shape index (κ3) is 3.19. The van der Waals surface area contributed by atoms with Gasteiger partial charge in [-0.25, -0.2) is 0 Å². The topological polar surface area (TPSA) is 223 Å². The number of rotatable bonds is 3. The molecule has 2 heterocycles. The number of phenols is 1. The molecular formula is C17H11N3O10S2. The summed E-state index contributed by atoms with van der Waals surface area (Å²) in [7, 11) is -9.76. The van der Waals surface area contributed by atoms with Crippen LogP contribution in [0.15, 0.2) is 44.9 Å². The number of nitrogens with two attached hydrogens (primary N) is 1. The maximum absolute atomic E-state index is 12.8. The summed E-state index contributed by atoms with van der Waals surface area (Å²) in [5.41, 5.74) is 3.79. The van der Waals surface area contributed by atoms with Gasteiger partial charge in [0.25, 0.3) is 37.6 Å². The van der Waals surface area contributed by atoms with Crippen LogP contribution in [0.2, 0.25) is 0 Å². The highest BCUT2D eigenvalue weighted by Gasteiger charge is 2.32. The Hall–Kier alpha value is -3.79. The number of fused-ring (bicyclic) bond motifs is 2. The molecule has 0 bridgehead atoms. The minimum Gasteiger partial charge on any atom is -0.507 e. The van der Waals surface area contributed by atoms with E-state index in [9.17, 15) is 45.4 Å². The van der Waals surface area contributed by atoms with E-state index in [4.69, 9.17) is 5.73 Å². The van der Waals surface area contributed by atoms with Crippen LogP contribution in [-0.2, 0) is 20.2 Å². The van der Waals surface area contributed by atoms with Crippen molar-refractivity contribution in [3.05, 3.63) is 51.8 Å². The van der Waals surface area contributed by atoms with Gasteiger partial charge in [0, 0.05) is 17.5 Å². The van der Waals surface area contributed by atoms with Crippen LogP contribution in [0.5, 0.6) is 5.75 Å². The molecular weight excluding hydrogens is 470 g/mol. The molecule has 3 aromatic rings. The predicted molar refractivity (Wildman–Crippen MR) is 107 cm³/mol. The number of hydrogen-bond acceptors (Lipinski definition) is 9. The van der Waals surface area contributed by atoms with Crippen LogP contribution < -0.4 is 16.6 Å². The predicted octanol–water partition coefficient (Wildman–Crippen LogP) is -0.344. The minimum absolute atomic E-state index is 0.303. The number of nitrogens with zero attached hydrogens (tertiary/aromatic N) is 1. The molecule has 0 spiro atoms. The van der Waals surface area contributed by atoms with E-state index in [1.54, 1.807) is 0 Å². The molecule has 13 nitrogen and oxygen atoms in total. The number of imide groups is 1. The van der Waals surface area contributed by atoms with Gasteiger partial charge in [-0.05, 0) is 23.6 Å². The minimum atomic E-state index is -4.93. The van der Waals surface area contributed by atoms with Crippen molar-refractivity contribution in [2.24, 2.45) is 0 Å². The molecule has 1 aromatic heterocycles. The normalized spacial score (nSPS) is 13.9.